The van der Waals surface area contributed by atoms with Crippen LogP contribution in [-0.2, 0) is 12.7 Å². The number of hydrogen-bond acceptors (Lipinski definition) is 4. The fraction of sp³-hybridized carbons (Fsp3) is 0.333. The third-order valence-corrected chi connectivity index (χ3v) is 4.37. The normalized spacial score (nSPS) is 11.2. The van der Waals surface area contributed by atoms with Gasteiger partial charge in [-0.05, 0) is 37.6 Å². The van der Waals surface area contributed by atoms with Gasteiger partial charge in [-0.1, -0.05) is 26.0 Å². The van der Waals surface area contributed by atoms with Gasteiger partial charge in [0, 0.05) is 11.4 Å². The van der Waals surface area contributed by atoms with E-state index in [4.69, 9.17) is 0 Å². The maximum Gasteiger partial charge on any atom is 0.416 e. The maximum absolute atomic E-state index is 12.8. The Morgan fingerprint density at radius 1 is 1.08 bits per heavy atom. The number of aryl methyl sites for hydroxylation is 2. The highest BCUT2D eigenvalue weighted by atomic mass is 32.1. The Hall–Kier alpha value is -2.15. The average molecular weight is 367 g/mol. The fourth-order valence-corrected chi connectivity index (χ4v) is 3.24. The molecule has 134 valence electrons. The molecule has 7 heteroatoms. The summed E-state index contributed by atoms with van der Waals surface area (Å²) >= 11 is 1.56. The highest BCUT2D eigenvalue weighted by molar-refractivity contribution is 7.19. The molecule has 0 bridgehead atoms. The highest BCUT2D eigenvalue weighted by Crippen LogP contribution is 2.31. The van der Waals surface area contributed by atoms with Gasteiger partial charge in [0.15, 0.2) is 0 Å². The summed E-state index contributed by atoms with van der Waals surface area (Å²) in [6.07, 6.45) is -4.33. The topological polar surface area (TPSA) is 37.8 Å². The lowest BCUT2D eigenvalue weighted by Crippen LogP contribution is -2.07. The number of benzene rings is 1. The van der Waals surface area contributed by atoms with Gasteiger partial charge in [-0.15, -0.1) is 11.3 Å². The van der Waals surface area contributed by atoms with Gasteiger partial charge in [0.2, 0.25) is 0 Å². The van der Waals surface area contributed by atoms with Gasteiger partial charge >= 0.3 is 6.18 Å². The van der Waals surface area contributed by atoms with E-state index >= 15 is 0 Å². The average Bonchev–Trinajstić information content (AvgIpc) is 2.94. The molecular formula is C18H20F3N3S. The van der Waals surface area contributed by atoms with Crippen molar-refractivity contribution in [3.05, 3.63) is 52.2 Å². The van der Waals surface area contributed by atoms with Crippen LogP contribution in [0.15, 0.2) is 30.3 Å². The van der Waals surface area contributed by atoms with Crippen LogP contribution < -0.4 is 5.32 Å². The predicted octanol–water partition coefficient (Wildman–Crippen LogP) is 5.97. The van der Waals surface area contributed by atoms with Crippen LogP contribution in [0.1, 0.15) is 35.7 Å². The summed E-state index contributed by atoms with van der Waals surface area (Å²) < 4.78 is 39.2. The van der Waals surface area contributed by atoms with Gasteiger partial charge < -0.3 is 5.32 Å². The third-order valence-electron chi connectivity index (χ3n) is 3.32. The molecule has 0 aliphatic heterocycles. The quantitative estimate of drug-likeness (QED) is 0.620. The second kappa shape index (κ2) is 7.82. The van der Waals surface area contributed by atoms with Crippen molar-refractivity contribution in [2.45, 2.75) is 40.4 Å². The van der Waals surface area contributed by atoms with Crippen LogP contribution in [0, 0.1) is 13.8 Å². The Kier molecular flexibility index (Phi) is 6.00. The third kappa shape index (κ3) is 4.69. The van der Waals surface area contributed by atoms with Crippen LogP contribution in [0.3, 0.4) is 0 Å². The number of anilines is 1. The molecule has 25 heavy (non-hydrogen) atoms. The molecule has 0 spiro atoms. The standard InChI is InChI=1S/C16H14F3N3S.C2H6/c1-9-6-13-14(23-9)15(22-10(2)21-13)20-8-11-4-3-5-12(7-11)16(17,18)19;1-2/h3-7H,8H2,1-2H3,(H,20,21,22);1-2H3. The Morgan fingerprint density at radius 3 is 2.48 bits per heavy atom. The van der Waals surface area contributed by atoms with Gasteiger partial charge in [0.05, 0.1) is 15.8 Å². The van der Waals surface area contributed by atoms with E-state index in [0.29, 0.717) is 17.2 Å². The van der Waals surface area contributed by atoms with Gasteiger partial charge in [-0.2, -0.15) is 13.2 Å². The number of fused-ring (bicyclic) bond motifs is 1. The zero-order valence-electron chi connectivity index (χ0n) is 14.5. The van der Waals surface area contributed by atoms with Crippen LogP contribution >= 0.6 is 11.3 Å². The molecule has 0 radical (unpaired) electrons. The molecule has 0 saturated carbocycles. The molecule has 0 aliphatic carbocycles. The molecular weight excluding hydrogens is 347 g/mol. The molecule has 0 atom stereocenters. The first-order chi connectivity index (χ1) is 11.8. The largest absolute Gasteiger partial charge is 0.416 e. The smallest absolute Gasteiger partial charge is 0.365 e. The van der Waals surface area contributed by atoms with E-state index in [1.54, 1.807) is 24.3 Å². The lowest BCUT2D eigenvalue weighted by Gasteiger charge is -2.10. The number of nitrogens with zero attached hydrogens (tertiary/aromatic N) is 2. The Balaban J connectivity index is 0.00000109. The number of halogens is 3. The summed E-state index contributed by atoms with van der Waals surface area (Å²) in [4.78, 5) is 9.85. The molecule has 3 rings (SSSR count). The minimum Gasteiger partial charge on any atom is -0.365 e. The van der Waals surface area contributed by atoms with Crippen LogP contribution in [0.25, 0.3) is 10.2 Å². The van der Waals surface area contributed by atoms with Gasteiger partial charge in [0.25, 0.3) is 0 Å². The first kappa shape index (κ1) is 19.2. The molecule has 1 aromatic carbocycles. The molecule has 0 saturated heterocycles. The lowest BCUT2D eigenvalue weighted by molar-refractivity contribution is -0.137. The molecule has 2 heterocycles. The van der Waals surface area contributed by atoms with Crippen LogP contribution in [0.4, 0.5) is 19.0 Å². The van der Waals surface area contributed by atoms with Crippen molar-refractivity contribution < 1.29 is 13.2 Å². The number of rotatable bonds is 3. The number of thiophene rings is 1. The van der Waals surface area contributed by atoms with E-state index in [-0.39, 0.29) is 6.54 Å². The predicted molar refractivity (Wildman–Crippen MR) is 97.0 cm³/mol. The summed E-state index contributed by atoms with van der Waals surface area (Å²) in [5.41, 5.74) is 0.761. The van der Waals surface area contributed by atoms with Crippen molar-refractivity contribution in [1.29, 1.82) is 0 Å². The summed E-state index contributed by atoms with van der Waals surface area (Å²) in [5.74, 6) is 1.28. The second-order valence-electron chi connectivity index (χ2n) is 5.24. The second-order valence-corrected chi connectivity index (χ2v) is 6.50. The molecule has 2 aromatic heterocycles. The molecule has 0 aliphatic rings. The zero-order valence-corrected chi connectivity index (χ0v) is 15.3. The Bertz CT molecular complexity index is 856. The first-order valence-electron chi connectivity index (χ1n) is 7.98. The zero-order chi connectivity index (χ0) is 18.6. The van der Waals surface area contributed by atoms with Crippen molar-refractivity contribution in [3.63, 3.8) is 0 Å². The monoisotopic (exact) mass is 367 g/mol. The van der Waals surface area contributed by atoms with E-state index in [0.717, 1.165) is 27.2 Å². The molecule has 0 amide bonds. The van der Waals surface area contributed by atoms with E-state index < -0.39 is 11.7 Å². The maximum atomic E-state index is 12.8. The van der Waals surface area contributed by atoms with Crippen molar-refractivity contribution in [1.82, 2.24) is 9.97 Å². The SMILES string of the molecule is CC.Cc1nc(NCc2cccc(C(F)(F)F)c2)c2sc(C)cc2n1. The van der Waals surface area contributed by atoms with Crippen molar-refractivity contribution >= 4 is 27.4 Å². The fourth-order valence-electron chi connectivity index (χ4n) is 2.33. The summed E-state index contributed by atoms with van der Waals surface area (Å²) in [6.45, 7) is 8.05. The molecule has 1 N–H and O–H groups in total. The van der Waals surface area contributed by atoms with Crippen molar-refractivity contribution in [3.8, 4) is 0 Å². The van der Waals surface area contributed by atoms with Gasteiger partial charge in [-0.25, -0.2) is 9.97 Å². The highest BCUT2D eigenvalue weighted by Gasteiger charge is 2.30. The number of alkyl halides is 3. The first-order valence-corrected chi connectivity index (χ1v) is 8.79. The minimum absolute atomic E-state index is 0.270. The van der Waals surface area contributed by atoms with Crippen LogP contribution in [-0.4, -0.2) is 9.97 Å². The lowest BCUT2D eigenvalue weighted by atomic mass is 10.1. The van der Waals surface area contributed by atoms with E-state index in [9.17, 15) is 13.2 Å². The van der Waals surface area contributed by atoms with E-state index in [2.05, 4.69) is 15.3 Å². The van der Waals surface area contributed by atoms with E-state index in [1.165, 1.54) is 6.07 Å². The summed E-state index contributed by atoms with van der Waals surface area (Å²) in [7, 11) is 0. The van der Waals surface area contributed by atoms with Crippen molar-refractivity contribution in [2.75, 3.05) is 5.32 Å². The Labute approximate surface area is 148 Å². The molecule has 3 nitrogen and oxygen atoms in total. The minimum atomic E-state index is -4.33. The van der Waals surface area contributed by atoms with Gasteiger partial charge in [0.1, 0.15) is 11.6 Å². The summed E-state index contributed by atoms with van der Waals surface area (Å²) in [6, 6.07) is 7.27. The van der Waals surface area contributed by atoms with E-state index in [1.807, 2.05) is 26.8 Å². The molecule has 0 fully saturated rings. The van der Waals surface area contributed by atoms with Crippen LogP contribution in [0.2, 0.25) is 0 Å². The number of aromatic nitrogens is 2. The van der Waals surface area contributed by atoms with Gasteiger partial charge in [-0.3, -0.25) is 0 Å². The number of hydrogen-bond donors (Lipinski definition) is 1. The van der Waals surface area contributed by atoms with Crippen LogP contribution in [0.5, 0.6) is 0 Å². The molecule has 0 unspecified atom stereocenters. The number of nitrogens with one attached hydrogen (secondary N) is 1. The summed E-state index contributed by atoms with van der Waals surface area (Å²) in [5, 5.41) is 3.13. The Morgan fingerprint density at radius 2 is 1.80 bits per heavy atom. The molecule has 3 aromatic rings. The van der Waals surface area contributed by atoms with Crippen molar-refractivity contribution in [2.24, 2.45) is 0 Å².